The van der Waals surface area contributed by atoms with Gasteiger partial charge in [-0.25, -0.2) is 0 Å². The third-order valence-corrected chi connectivity index (χ3v) is 19.5. The highest BCUT2D eigenvalue weighted by Gasteiger charge is 2.27. The molecule has 4 nitrogen and oxygen atoms in total. The highest BCUT2D eigenvalue weighted by atomic mass is 32.1. The van der Waals surface area contributed by atoms with Gasteiger partial charge in [-0.3, -0.25) is 4.57 Å². The van der Waals surface area contributed by atoms with Gasteiger partial charge < -0.3 is 13.7 Å². The predicted octanol–water partition coefficient (Wildman–Crippen LogP) is 17.3. The Morgan fingerprint density at radius 2 is 1.00 bits per heavy atom. The van der Waals surface area contributed by atoms with Crippen LogP contribution in [0.2, 0.25) is 0 Å². The molecule has 8 heteroatoms. The smallest absolute Gasteiger partial charge is 0.217 e. The summed E-state index contributed by atoms with van der Waals surface area (Å²) in [6.07, 6.45) is 0. The molecule has 0 bridgehead atoms. The zero-order chi connectivity index (χ0) is 37.9. The minimum atomic E-state index is -1.09. The number of para-hydroxylation sites is 5. The maximum absolute atomic E-state index is 7.14. The Balaban J connectivity index is 1.35. The lowest BCUT2D eigenvalue weighted by Gasteiger charge is -2.28. The maximum Gasteiger partial charge on any atom is 0.217 e. The molecular weight excluding hydrogens is 787 g/mol. The van der Waals surface area contributed by atoms with Crippen molar-refractivity contribution in [3.63, 3.8) is 0 Å². The summed E-state index contributed by atoms with van der Waals surface area (Å²) in [4.78, 5) is 2.52. The largest absolute Gasteiger partial charge is 0.455 e. The van der Waals surface area contributed by atoms with Gasteiger partial charge in [0, 0.05) is 47.2 Å². The van der Waals surface area contributed by atoms with Crippen molar-refractivity contribution in [1.82, 2.24) is 4.57 Å². The molecule has 0 N–H and O–H groups in total. The van der Waals surface area contributed by atoms with E-state index in [1.807, 2.05) is 22.7 Å². The topological polar surface area (TPSA) is 34.5 Å². The Morgan fingerprint density at radius 1 is 0.448 bits per heavy atom. The molecular formula is C50H30N2O2P2S2. The van der Waals surface area contributed by atoms with Gasteiger partial charge in [0.25, 0.3) is 0 Å². The average Bonchev–Trinajstić information content (AvgIpc) is 3.61. The second-order valence-electron chi connectivity index (χ2n) is 14.5. The van der Waals surface area contributed by atoms with Crippen molar-refractivity contribution in [2.24, 2.45) is 0 Å². The van der Waals surface area contributed by atoms with Crippen LogP contribution in [0.15, 0.2) is 191 Å². The third kappa shape index (κ3) is 4.63. The Bertz CT molecular complexity index is 3770. The molecule has 0 radical (unpaired) electrons. The number of nitrogens with zero attached hydrogens (tertiary/aromatic N) is 2. The molecule has 8 aromatic carbocycles. The maximum atomic E-state index is 7.14. The van der Waals surface area contributed by atoms with Gasteiger partial charge in [0.1, 0.15) is 16.7 Å². The van der Waals surface area contributed by atoms with Gasteiger partial charge in [-0.2, -0.15) is 0 Å². The molecule has 2 unspecified atom stereocenters. The van der Waals surface area contributed by atoms with Gasteiger partial charge in [-0.1, -0.05) is 112 Å². The second kappa shape index (κ2) is 12.6. The van der Waals surface area contributed by atoms with Crippen LogP contribution in [0, 0.1) is 0 Å². The van der Waals surface area contributed by atoms with E-state index in [4.69, 9.17) is 8.83 Å². The molecule has 5 heterocycles. The zero-order valence-electron chi connectivity index (χ0n) is 30.7. The summed E-state index contributed by atoms with van der Waals surface area (Å²) in [5.41, 5.74) is 9.51. The van der Waals surface area contributed by atoms with Gasteiger partial charge in [-0.15, -0.1) is 22.7 Å². The summed E-state index contributed by atoms with van der Waals surface area (Å²) in [6, 6.07) is 65.9. The van der Waals surface area contributed by atoms with E-state index in [0.29, 0.717) is 0 Å². The first-order chi connectivity index (χ1) is 28.8. The highest BCUT2D eigenvalue weighted by molar-refractivity contribution is 7.67. The van der Waals surface area contributed by atoms with Crippen molar-refractivity contribution >= 4 is 137 Å². The summed E-state index contributed by atoms with van der Waals surface area (Å²) in [7, 11) is -2.05. The fraction of sp³-hybridized carbons (Fsp3) is 0. The van der Waals surface area contributed by atoms with Gasteiger partial charge in [0.2, 0.25) is 5.71 Å². The molecule has 0 saturated carbocycles. The van der Waals surface area contributed by atoms with Crippen LogP contribution in [0.3, 0.4) is 0 Å². The number of benzene rings is 8. The first-order valence-corrected chi connectivity index (χ1v) is 23.6. The van der Waals surface area contributed by atoms with E-state index in [-0.39, 0.29) is 0 Å². The molecule has 0 saturated heterocycles. The summed E-state index contributed by atoms with van der Waals surface area (Å²) < 4.78 is 21.3. The normalized spacial score (nSPS) is 12.8. The van der Waals surface area contributed by atoms with Crippen molar-refractivity contribution in [2.75, 3.05) is 4.90 Å². The first-order valence-electron chi connectivity index (χ1n) is 19.3. The first kappa shape index (κ1) is 32.8. The molecule has 0 aliphatic rings. The Labute approximate surface area is 341 Å². The molecule has 0 aliphatic heterocycles. The van der Waals surface area contributed by atoms with Crippen LogP contribution in [0.25, 0.3) is 88.6 Å². The van der Waals surface area contributed by atoms with Crippen LogP contribution in [0.1, 0.15) is 0 Å². The molecule has 2 atom stereocenters. The van der Waals surface area contributed by atoms with Crippen molar-refractivity contribution in [3.8, 4) is 5.69 Å². The van der Waals surface area contributed by atoms with Crippen molar-refractivity contribution in [1.29, 1.82) is 0 Å². The molecule has 13 aromatic rings. The molecule has 274 valence electrons. The van der Waals surface area contributed by atoms with Crippen LogP contribution in [-0.4, -0.2) is 4.57 Å². The van der Waals surface area contributed by atoms with Crippen LogP contribution >= 0.6 is 37.4 Å². The SMILES string of the molecule is c1ccc(N(c2ccccc2)c2c3sc4cccc5oc6ccccc6p(c3cc3c2sc2cccc6oc7c(c8ccccc8n7-c7ccccc7)p3c62)c54)cc1. The minimum Gasteiger partial charge on any atom is -0.455 e. The molecule has 58 heavy (non-hydrogen) atoms. The lowest BCUT2D eigenvalue weighted by atomic mass is 10.2. The zero-order valence-corrected chi connectivity index (χ0v) is 34.2. The van der Waals surface area contributed by atoms with E-state index in [0.717, 1.165) is 45.0 Å². The van der Waals surface area contributed by atoms with E-state index in [1.54, 1.807) is 0 Å². The number of rotatable bonds is 4. The molecule has 0 fully saturated rings. The predicted molar refractivity (Wildman–Crippen MR) is 252 cm³/mol. The van der Waals surface area contributed by atoms with Crippen LogP contribution < -0.4 is 4.90 Å². The number of aromatic nitrogens is 1. The second-order valence-corrected chi connectivity index (χ2v) is 20.8. The van der Waals surface area contributed by atoms with Gasteiger partial charge >= 0.3 is 0 Å². The molecule has 0 amide bonds. The molecule has 13 rings (SSSR count). The average molecular weight is 817 g/mol. The Kier molecular flexibility index (Phi) is 7.13. The highest BCUT2D eigenvalue weighted by Crippen LogP contribution is 2.62. The lowest BCUT2D eigenvalue weighted by Crippen LogP contribution is -2.10. The summed E-state index contributed by atoms with van der Waals surface area (Å²) in [6.45, 7) is 0. The van der Waals surface area contributed by atoms with Gasteiger partial charge in [0.05, 0.1) is 36.0 Å². The van der Waals surface area contributed by atoms with E-state index in [1.165, 1.54) is 60.6 Å². The fourth-order valence-electron chi connectivity index (χ4n) is 8.92. The van der Waals surface area contributed by atoms with Gasteiger partial charge in [0.15, 0.2) is 0 Å². The standard InChI is InChI=1S/C50H30N2O2P2S2/c1-4-16-31(17-5-1)51(32-18-6-2-7-19-32)44-48-40(55-39-27-13-12-24-36(39)53-37-25-14-28-42(57-48)46(37)55)30-41-49(44)58-43-29-15-26-38-47(43)56(41)45-34-22-10-11-23-35(34)52(50(45)54-38)33-20-8-3-9-21-33/h1-30H. The number of anilines is 3. The van der Waals surface area contributed by atoms with E-state index < -0.39 is 14.7 Å². The van der Waals surface area contributed by atoms with Crippen LogP contribution in [0.4, 0.5) is 17.1 Å². The van der Waals surface area contributed by atoms with E-state index >= 15 is 0 Å². The molecule has 0 spiro atoms. The molecule has 5 aromatic heterocycles. The third-order valence-electron chi connectivity index (χ3n) is 11.3. The number of hydrogen-bond acceptors (Lipinski definition) is 5. The summed E-state index contributed by atoms with van der Waals surface area (Å²) in [5.74, 6) is 0. The quantitative estimate of drug-likeness (QED) is 0.131. The van der Waals surface area contributed by atoms with Crippen LogP contribution in [-0.2, 0) is 0 Å². The lowest BCUT2D eigenvalue weighted by molar-refractivity contribution is 0.640. The van der Waals surface area contributed by atoms with Crippen molar-refractivity contribution < 1.29 is 8.83 Å². The van der Waals surface area contributed by atoms with Gasteiger partial charge in [-0.05, 0) is 84.9 Å². The molecule has 0 aliphatic carbocycles. The minimum absolute atomic E-state index is 0.910. The van der Waals surface area contributed by atoms with E-state index in [9.17, 15) is 0 Å². The van der Waals surface area contributed by atoms with E-state index in [2.05, 4.69) is 191 Å². The summed E-state index contributed by atoms with van der Waals surface area (Å²) >= 11 is 3.80. The number of hydrogen-bond donors (Lipinski definition) is 0. The Hall–Kier alpha value is -6.26. The summed E-state index contributed by atoms with van der Waals surface area (Å²) in [5, 5.41) is 9.15. The fourth-order valence-corrected chi connectivity index (χ4v) is 18.0. The van der Waals surface area contributed by atoms with Crippen LogP contribution in [0.5, 0.6) is 0 Å². The monoisotopic (exact) mass is 816 g/mol. The van der Waals surface area contributed by atoms with Crippen molar-refractivity contribution in [3.05, 3.63) is 182 Å². The number of fused-ring (bicyclic) bond motifs is 10. The van der Waals surface area contributed by atoms with Crippen molar-refractivity contribution in [2.45, 2.75) is 0 Å². The Morgan fingerprint density at radius 3 is 1.71 bits per heavy atom.